The van der Waals surface area contributed by atoms with E-state index in [9.17, 15) is 9.59 Å². The minimum atomic E-state index is -0.551. The molecule has 7 nitrogen and oxygen atoms in total. The van der Waals surface area contributed by atoms with E-state index < -0.39 is 11.2 Å². The van der Waals surface area contributed by atoms with E-state index in [0.717, 1.165) is 11.1 Å². The lowest BCUT2D eigenvalue weighted by Crippen LogP contribution is -2.39. The van der Waals surface area contributed by atoms with Gasteiger partial charge in [-0.2, -0.15) is 4.98 Å². The number of nitrogens with zero attached hydrogens (tertiary/aromatic N) is 5. The Balaban J connectivity index is 2.20. The van der Waals surface area contributed by atoms with E-state index in [1.165, 1.54) is 0 Å². The molecule has 0 aliphatic carbocycles. The molecule has 0 N–H and O–H groups in total. The predicted molar refractivity (Wildman–Crippen MR) is 93.8 cm³/mol. The van der Waals surface area contributed by atoms with E-state index in [4.69, 9.17) is 11.6 Å². The Hall–Kier alpha value is -2.25. The van der Waals surface area contributed by atoms with E-state index in [0.29, 0.717) is 29.0 Å². The van der Waals surface area contributed by atoms with Crippen LogP contribution in [0.3, 0.4) is 0 Å². The van der Waals surface area contributed by atoms with Gasteiger partial charge in [0.25, 0.3) is 5.56 Å². The molecule has 0 radical (unpaired) electrons. The van der Waals surface area contributed by atoms with Crippen LogP contribution in [0.4, 0.5) is 0 Å². The maximum Gasteiger partial charge on any atom is 0.352 e. The second kappa shape index (κ2) is 6.33. The number of hydrogen-bond donors (Lipinski definition) is 0. The van der Waals surface area contributed by atoms with Gasteiger partial charge < -0.3 is 9.47 Å². The van der Waals surface area contributed by atoms with Crippen LogP contribution in [0.5, 0.6) is 0 Å². The van der Waals surface area contributed by atoms with Gasteiger partial charge in [0.2, 0.25) is 0 Å². The first kappa shape index (κ1) is 16.6. The highest BCUT2D eigenvalue weighted by Crippen LogP contribution is 2.22. The SMILES string of the molecule is CN(C)CCCn1c(=O)nc2n(C)c3cc(Cl)ccc3nc-2c1=O. The second-order valence-electron chi connectivity index (χ2n) is 5.98. The quantitative estimate of drug-likeness (QED) is 0.663. The first-order valence-electron chi connectivity index (χ1n) is 7.60. The molecule has 0 unspecified atom stereocenters. The van der Waals surface area contributed by atoms with Crippen LogP contribution in [-0.2, 0) is 13.6 Å². The average Bonchev–Trinajstić information content (AvgIpc) is 2.52. The summed E-state index contributed by atoms with van der Waals surface area (Å²) in [6.45, 7) is 1.10. The summed E-state index contributed by atoms with van der Waals surface area (Å²) in [6, 6.07) is 5.20. The van der Waals surface area contributed by atoms with Crippen molar-refractivity contribution in [2.45, 2.75) is 13.0 Å². The van der Waals surface area contributed by atoms with Gasteiger partial charge in [0.15, 0.2) is 11.5 Å². The number of aromatic nitrogens is 4. The molecule has 24 heavy (non-hydrogen) atoms. The highest BCUT2D eigenvalue weighted by atomic mass is 35.5. The van der Waals surface area contributed by atoms with Gasteiger partial charge in [-0.05, 0) is 45.3 Å². The molecule has 1 aromatic carbocycles. The first-order chi connectivity index (χ1) is 11.4. The third-order valence-electron chi connectivity index (χ3n) is 3.93. The second-order valence-corrected chi connectivity index (χ2v) is 6.42. The van der Waals surface area contributed by atoms with Crippen molar-refractivity contribution in [3.05, 3.63) is 44.1 Å². The van der Waals surface area contributed by atoms with Crippen molar-refractivity contribution >= 4 is 22.6 Å². The molecule has 0 saturated heterocycles. The number of aryl methyl sites for hydroxylation is 1. The van der Waals surface area contributed by atoms with Crippen LogP contribution in [0.2, 0.25) is 5.02 Å². The van der Waals surface area contributed by atoms with Gasteiger partial charge in [-0.25, -0.2) is 9.78 Å². The topological polar surface area (TPSA) is 73.0 Å². The Kier molecular flexibility index (Phi) is 4.38. The van der Waals surface area contributed by atoms with E-state index in [2.05, 4.69) is 9.97 Å². The average molecular weight is 348 g/mol. The maximum atomic E-state index is 12.7. The zero-order valence-corrected chi connectivity index (χ0v) is 14.5. The number of benzene rings is 1. The minimum absolute atomic E-state index is 0.191. The molecule has 0 amide bonds. The summed E-state index contributed by atoms with van der Waals surface area (Å²) in [4.78, 5) is 35.4. The van der Waals surface area contributed by atoms with Crippen molar-refractivity contribution in [3.8, 4) is 11.5 Å². The van der Waals surface area contributed by atoms with Crippen LogP contribution in [0.15, 0.2) is 27.8 Å². The van der Waals surface area contributed by atoms with Gasteiger partial charge >= 0.3 is 5.69 Å². The van der Waals surface area contributed by atoms with Gasteiger partial charge in [0.05, 0.1) is 11.0 Å². The van der Waals surface area contributed by atoms with Crippen molar-refractivity contribution in [3.63, 3.8) is 0 Å². The van der Waals surface area contributed by atoms with E-state index in [-0.39, 0.29) is 11.5 Å². The summed E-state index contributed by atoms with van der Waals surface area (Å²) < 4.78 is 2.83. The minimum Gasteiger partial charge on any atom is -0.325 e. The van der Waals surface area contributed by atoms with Crippen LogP contribution in [0.25, 0.3) is 22.6 Å². The molecule has 0 bridgehead atoms. The molecular weight excluding hydrogens is 330 g/mol. The molecule has 0 fully saturated rings. The highest BCUT2D eigenvalue weighted by molar-refractivity contribution is 6.31. The Morgan fingerprint density at radius 2 is 1.96 bits per heavy atom. The van der Waals surface area contributed by atoms with Gasteiger partial charge in [-0.1, -0.05) is 11.6 Å². The maximum absolute atomic E-state index is 12.7. The summed E-state index contributed by atoms with van der Waals surface area (Å²) in [7, 11) is 5.63. The molecule has 126 valence electrons. The third kappa shape index (κ3) is 2.92. The molecule has 2 aliphatic heterocycles. The Labute approximate surface area is 143 Å². The molecule has 0 saturated carbocycles. The van der Waals surface area contributed by atoms with Gasteiger partial charge in [-0.15, -0.1) is 0 Å². The smallest absolute Gasteiger partial charge is 0.325 e. The Morgan fingerprint density at radius 3 is 2.67 bits per heavy atom. The van der Waals surface area contributed by atoms with Gasteiger partial charge in [-0.3, -0.25) is 9.36 Å². The van der Waals surface area contributed by atoms with Crippen molar-refractivity contribution < 1.29 is 0 Å². The molecular formula is C16H18ClN5O2. The molecule has 0 aromatic heterocycles. The number of hydrogen-bond acceptors (Lipinski definition) is 5. The van der Waals surface area contributed by atoms with E-state index in [1.54, 1.807) is 29.8 Å². The Morgan fingerprint density at radius 1 is 1.21 bits per heavy atom. The number of halogens is 1. The zero-order valence-electron chi connectivity index (χ0n) is 13.8. The van der Waals surface area contributed by atoms with Crippen LogP contribution in [0, 0.1) is 0 Å². The van der Waals surface area contributed by atoms with Crippen molar-refractivity contribution in [2.24, 2.45) is 7.05 Å². The molecule has 3 rings (SSSR count). The number of rotatable bonds is 4. The monoisotopic (exact) mass is 347 g/mol. The van der Waals surface area contributed by atoms with Crippen LogP contribution < -0.4 is 11.2 Å². The third-order valence-corrected chi connectivity index (χ3v) is 4.16. The van der Waals surface area contributed by atoms with Crippen molar-refractivity contribution in [1.29, 1.82) is 0 Å². The van der Waals surface area contributed by atoms with Gasteiger partial charge in [0.1, 0.15) is 0 Å². The summed E-state index contributed by atoms with van der Waals surface area (Å²) in [5.74, 6) is 0.267. The summed E-state index contributed by atoms with van der Waals surface area (Å²) in [6.07, 6.45) is 0.685. The Bertz CT molecular complexity index is 992. The zero-order chi connectivity index (χ0) is 17.4. The lowest BCUT2D eigenvalue weighted by molar-refractivity contribution is 0.382. The predicted octanol–water partition coefficient (Wildman–Crippen LogP) is 1.20. The highest BCUT2D eigenvalue weighted by Gasteiger charge is 2.19. The van der Waals surface area contributed by atoms with Gasteiger partial charge in [0, 0.05) is 18.6 Å². The summed E-state index contributed by atoms with van der Waals surface area (Å²) >= 11 is 6.02. The van der Waals surface area contributed by atoms with E-state index in [1.807, 2.05) is 19.0 Å². The fraction of sp³-hybridized carbons (Fsp3) is 0.375. The largest absolute Gasteiger partial charge is 0.352 e. The van der Waals surface area contributed by atoms with Crippen LogP contribution in [0.1, 0.15) is 6.42 Å². The first-order valence-corrected chi connectivity index (χ1v) is 7.98. The normalized spacial score (nSPS) is 11.7. The molecule has 0 spiro atoms. The molecule has 1 aromatic rings. The fourth-order valence-corrected chi connectivity index (χ4v) is 2.85. The molecule has 8 heteroatoms. The molecule has 2 heterocycles. The lowest BCUT2D eigenvalue weighted by Gasteiger charge is -2.15. The van der Waals surface area contributed by atoms with Crippen molar-refractivity contribution in [1.82, 2.24) is 24.0 Å². The summed E-state index contributed by atoms with van der Waals surface area (Å²) in [5.41, 5.74) is 0.580. The van der Waals surface area contributed by atoms with Crippen LogP contribution in [-0.4, -0.2) is 44.6 Å². The van der Waals surface area contributed by atoms with E-state index >= 15 is 0 Å². The standard InChI is InChI=1S/C16H18ClN5O2/c1-20(2)7-4-8-22-15(23)13-14(19-16(22)24)21(3)12-9-10(17)5-6-11(12)18-13/h5-6,9H,4,7-8H2,1-3H3. The van der Waals surface area contributed by atoms with Crippen LogP contribution >= 0.6 is 11.6 Å². The molecule has 0 atom stereocenters. The number of fused-ring (bicyclic) bond motifs is 2. The van der Waals surface area contributed by atoms with Crippen molar-refractivity contribution in [2.75, 3.05) is 20.6 Å². The summed E-state index contributed by atoms with van der Waals surface area (Å²) in [5, 5.41) is 0.554. The lowest BCUT2D eigenvalue weighted by atomic mass is 10.2. The fourth-order valence-electron chi connectivity index (χ4n) is 2.68. The molecule has 2 aliphatic rings.